The van der Waals surface area contributed by atoms with Gasteiger partial charge in [0.1, 0.15) is 17.7 Å². The van der Waals surface area contributed by atoms with E-state index in [1.807, 2.05) is 12.1 Å². The molecular formula is C17H20FN5O. The van der Waals surface area contributed by atoms with Crippen molar-refractivity contribution in [2.24, 2.45) is 0 Å². The van der Waals surface area contributed by atoms with E-state index in [1.54, 1.807) is 4.68 Å². The zero-order valence-electron chi connectivity index (χ0n) is 13.4. The molecule has 0 bridgehead atoms. The lowest BCUT2D eigenvalue weighted by atomic mass is 9.78. The van der Waals surface area contributed by atoms with E-state index in [4.69, 9.17) is 0 Å². The lowest BCUT2D eigenvalue weighted by Crippen LogP contribution is -2.45. The van der Waals surface area contributed by atoms with Crippen molar-refractivity contribution in [1.82, 2.24) is 25.5 Å². The maximum atomic E-state index is 13.2. The first-order valence-corrected chi connectivity index (χ1v) is 8.43. The Bertz CT molecular complexity index is 718. The summed E-state index contributed by atoms with van der Waals surface area (Å²) < 4.78 is 14.8. The number of hydrogen-bond acceptors (Lipinski definition) is 4. The smallest absolute Gasteiger partial charge is 0.248 e. The third-order valence-corrected chi connectivity index (χ3v) is 5.54. The Hall–Kier alpha value is -2.31. The van der Waals surface area contributed by atoms with Crippen LogP contribution in [0.5, 0.6) is 0 Å². The average Bonchev–Trinajstić information content (AvgIpc) is 3.02. The van der Waals surface area contributed by atoms with Gasteiger partial charge in [-0.1, -0.05) is 25.0 Å². The van der Waals surface area contributed by atoms with Crippen LogP contribution in [0.2, 0.25) is 0 Å². The Morgan fingerprint density at radius 3 is 2.46 bits per heavy atom. The zero-order chi connectivity index (χ0) is 16.6. The fraction of sp³-hybridized carbons (Fsp3) is 0.529. The first-order chi connectivity index (χ1) is 11.6. The standard InChI is InChI=1S/C17H20FN5O/c18-14-5-3-13(4-6-14)16(7-1-2-8-16)11-19-15(24)17(9-10-17)23-12-20-21-22-23/h3-6,12H,1-2,7-11H2,(H,19,24). The summed E-state index contributed by atoms with van der Waals surface area (Å²) in [6, 6.07) is 6.70. The molecule has 7 heteroatoms. The van der Waals surface area contributed by atoms with Gasteiger partial charge in [0.25, 0.3) is 0 Å². The molecule has 0 spiro atoms. The normalized spacial score (nSPS) is 20.7. The van der Waals surface area contributed by atoms with Gasteiger partial charge in [-0.15, -0.1) is 5.10 Å². The van der Waals surface area contributed by atoms with E-state index >= 15 is 0 Å². The van der Waals surface area contributed by atoms with Gasteiger partial charge < -0.3 is 5.32 Å². The lowest BCUT2D eigenvalue weighted by Gasteiger charge is -2.31. The lowest BCUT2D eigenvalue weighted by molar-refractivity contribution is -0.126. The molecule has 24 heavy (non-hydrogen) atoms. The molecule has 1 aromatic heterocycles. The number of benzene rings is 1. The van der Waals surface area contributed by atoms with Crippen LogP contribution in [0.1, 0.15) is 44.1 Å². The second kappa shape index (κ2) is 5.65. The number of carbonyl (C=O) groups is 1. The molecule has 1 amide bonds. The average molecular weight is 329 g/mol. The van der Waals surface area contributed by atoms with Gasteiger partial charge in [0.15, 0.2) is 0 Å². The summed E-state index contributed by atoms with van der Waals surface area (Å²) in [6.45, 7) is 0.571. The van der Waals surface area contributed by atoms with Crippen molar-refractivity contribution < 1.29 is 9.18 Å². The van der Waals surface area contributed by atoms with Crippen molar-refractivity contribution in [3.8, 4) is 0 Å². The molecule has 0 saturated heterocycles. The molecule has 1 N–H and O–H groups in total. The molecule has 2 aromatic rings. The Balaban J connectivity index is 1.50. The molecule has 1 heterocycles. The maximum Gasteiger partial charge on any atom is 0.248 e. The Morgan fingerprint density at radius 2 is 1.88 bits per heavy atom. The van der Waals surface area contributed by atoms with Crippen molar-refractivity contribution in [1.29, 1.82) is 0 Å². The van der Waals surface area contributed by atoms with Crippen LogP contribution >= 0.6 is 0 Å². The molecular weight excluding hydrogens is 309 g/mol. The van der Waals surface area contributed by atoms with Crippen LogP contribution in [0, 0.1) is 5.82 Å². The maximum absolute atomic E-state index is 13.2. The van der Waals surface area contributed by atoms with E-state index in [1.165, 1.54) is 18.5 Å². The molecule has 1 aromatic carbocycles. The second-order valence-corrected chi connectivity index (χ2v) is 6.96. The molecule has 2 aliphatic rings. The van der Waals surface area contributed by atoms with E-state index in [0.717, 1.165) is 44.1 Å². The van der Waals surface area contributed by atoms with Crippen LogP contribution in [0.15, 0.2) is 30.6 Å². The van der Waals surface area contributed by atoms with Gasteiger partial charge in [-0.3, -0.25) is 4.79 Å². The largest absolute Gasteiger partial charge is 0.353 e. The molecule has 0 atom stereocenters. The van der Waals surface area contributed by atoms with Crippen LogP contribution in [0.4, 0.5) is 4.39 Å². The van der Waals surface area contributed by atoms with Gasteiger partial charge in [0.2, 0.25) is 5.91 Å². The predicted octanol–water partition coefficient (Wildman–Crippen LogP) is 1.93. The highest BCUT2D eigenvalue weighted by Gasteiger charge is 2.53. The summed E-state index contributed by atoms with van der Waals surface area (Å²) in [4.78, 5) is 12.7. The number of amides is 1. The van der Waals surface area contributed by atoms with Gasteiger partial charge in [-0.25, -0.2) is 9.07 Å². The van der Waals surface area contributed by atoms with Crippen molar-refractivity contribution in [2.75, 3.05) is 6.54 Å². The molecule has 6 nitrogen and oxygen atoms in total. The van der Waals surface area contributed by atoms with Crippen molar-refractivity contribution in [3.05, 3.63) is 42.0 Å². The van der Waals surface area contributed by atoms with Crippen LogP contribution in [-0.2, 0) is 15.7 Å². The first-order valence-electron chi connectivity index (χ1n) is 8.43. The van der Waals surface area contributed by atoms with Gasteiger partial charge >= 0.3 is 0 Å². The summed E-state index contributed by atoms with van der Waals surface area (Å²) in [6.07, 6.45) is 7.29. The van der Waals surface area contributed by atoms with Crippen LogP contribution < -0.4 is 5.32 Å². The summed E-state index contributed by atoms with van der Waals surface area (Å²) in [5.74, 6) is -0.255. The third kappa shape index (κ3) is 2.48. The topological polar surface area (TPSA) is 72.7 Å². The van der Waals surface area contributed by atoms with Crippen LogP contribution in [-0.4, -0.2) is 32.7 Å². The monoisotopic (exact) mass is 329 g/mol. The SMILES string of the molecule is O=C(NCC1(c2ccc(F)cc2)CCCC1)C1(n2cnnn2)CC1. The van der Waals surface area contributed by atoms with Gasteiger partial charge in [-0.05, 0) is 53.8 Å². The fourth-order valence-electron chi connectivity index (χ4n) is 3.87. The molecule has 0 radical (unpaired) electrons. The minimum Gasteiger partial charge on any atom is -0.353 e. The predicted molar refractivity (Wildman–Crippen MR) is 84.6 cm³/mol. The van der Waals surface area contributed by atoms with Gasteiger partial charge in [-0.2, -0.15) is 0 Å². The van der Waals surface area contributed by atoms with Crippen molar-refractivity contribution in [2.45, 2.75) is 49.5 Å². The van der Waals surface area contributed by atoms with E-state index in [-0.39, 0.29) is 17.1 Å². The Kier molecular flexibility index (Phi) is 3.58. The highest BCUT2D eigenvalue weighted by Crippen LogP contribution is 2.44. The number of halogens is 1. The number of carbonyl (C=O) groups excluding carboxylic acids is 1. The molecule has 0 unspecified atom stereocenters. The van der Waals surface area contributed by atoms with E-state index in [2.05, 4.69) is 20.8 Å². The second-order valence-electron chi connectivity index (χ2n) is 6.96. The number of rotatable bonds is 5. The highest BCUT2D eigenvalue weighted by molar-refractivity contribution is 5.87. The van der Waals surface area contributed by atoms with Gasteiger partial charge in [0, 0.05) is 12.0 Å². The summed E-state index contributed by atoms with van der Waals surface area (Å²) >= 11 is 0. The zero-order valence-corrected chi connectivity index (χ0v) is 13.4. The molecule has 126 valence electrons. The van der Waals surface area contributed by atoms with Crippen molar-refractivity contribution in [3.63, 3.8) is 0 Å². The number of hydrogen-bond donors (Lipinski definition) is 1. The first kappa shape index (κ1) is 15.2. The van der Waals surface area contributed by atoms with E-state index in [9.17, 15) is 9.18 Å². The molecule has 2 aliphatic carbocycles. The van der Waals surface area contributed by atoms with Crippen molar-refractivity contribution >= 4 is 5.91 Å². The Labute approximate surface area is 139 Å². The fourth-order valence-corrected chi connectivity index (χ4v) is 3.87. The summed E-state index contributed by atoms with van der Waals surface area (Å²) in [5, 5.41) is 14.3. The highest BCUT2D eigenvalue weighted by atomic mass is 19.1. The van der Waals surface area contributed by atoms with Crippen LogP contribution in [0.3, 0.4) is 0 Å². The van der Waals surface area contributed by atoms with Gasteiger partial charge in [0.05, 0.1) is 0 Å². The van der Waals surface area contributed by atoms with Crippen LogP contribution in [0.25, 0.3) is 0 Å². The quantitative estimate of drug-likeness (QED) is 0.910. The number of nitrogens with zero attached hydrogens (tertiary/aromatic N) is 4. The molecule has 2 saturated carbocycles. The minimum absolute atomic E-state index is 0.0248. The molecule has 4 rings (SSSR count). The third-order valence-electron chi connectivity index (χ3n) is 5.54. The molecule has 2 fully saturated rings. The van der Waals surface area contributed by atoms with E-state index < -0.39 is 5.54 Å². The number of aromatic nitrogens is 4. The Morgan fingerprint density at radius 1 is 1.17 bits per heavy atom. The number of tetrazole rings is 1. The number of nitrogens with one attached hydrogen (secondary N) is 1. The summed E-state index contributed by atoms with van der Waals surface area (Å²) in [7, 11) is 0. The molecule has 0 aliphatic heterocycles. The summed E-state index contributed by atoms with van der Waals surface area (Å²) in [5.41, 5.74) is 0.389. The minimum atomic E-state index is -0.619. The van der Waals surface area contributed by atoms with E-state index in [0.29, 0.717) is 6.54 Å².